The number of nitriles is 1. The zero-order chi connectivity index (χ0) is 23.9. The molecule has 0 aliphatic carbocycles. The highest BCUT2D eigenvalue weighted by Gasteiger charge is 2.32. The lowest BCUT2D eigenvalue weighted by Crippen LogP contribution is -2.32. The minimum atomic E-state index is -0.888. The highest BCUT2D eigenvalue weighted by Crippen LogP contribution is 2.32. The maximum Gasteiger partial charge on any atom is 0.303 e. The maximum absolute atomic E-state index is 13.0. The Bertz CT molecular complexity index is 1180. The van der Waals surface area contributed by atoms with Crippen LogP contribution in [0.4, 0.5) is 0 Å². The Hall–Kier alpha value is -4.12. The Morgan fingerprint density at radius 3 is 2.59 bits per heavy atom. The van der Waals surface area contributed by atoms with Crippen LogP contribution in [0.15, 0.2) is 59.1 Å². The minimum absolute atomic E-state index is 0.0174. The molecule has 2 aromatic carbocycles. The molecule has 174 valence electrons. The number of rotatable bonds is 9. The van der Waals surface area contributed by atoms with Gasteiger partial charge in [-0.3, -0.25) is 9.59 Å². The number of ether oxygens (including phenoxy) is 1. The lowest BCUT2D eigenvalue weighted by atomic mass is 10.1. The molecule has 1 saturated heterocycles. The number of likely N-dealkylation sites (tertiary alicyclic amines) is 1. The number of carbonyl (C=O) groups is 2. The van der Waals surface area contributed by atoms with Crippen LogP contribution in [0, 0.1) is 11.3 Å². The third-order valence-electron chi connectivity index (χ3n) is 5.84. The molecule has 8 nitrogen and oxygen atoms in total. The van der Waals surface area contributed by atoms with E-state index in [0.717, 1.165) is 24.0 Å². The fourth-order valence-corrected chi connectivity index (χ4v) is 4.03. The Labute approximate surface area is 197 Å². The Kier molecular flexibility index (Phi) is 7.23. The number of carboxylic acids is 1. The van der Waals surface area contributed by atoms with Crippen LogP contribution < -0.4 is 4.74 Å². The monoisotopic (exact) mass is 459 g/mol. The van der Waals surface area contributed by atoms with Crippen LogP contribution in [-0.2, 0) is 29.0 Å². The van der Waals surface area contributed by atoms with Crippen molar-refractivity contribution >= 4 is 11.9 Å². The van der Waals surface area contributed by atoms with Crippen molar-refractivity contribution in [2.75, 3.05) is 6.54 Å². The van der Waals surface area contributed by atoms with Gasteiger partial charge in [0.1, 0.15) is 23.8 Å². The molecule has 1 unspecified atom stereocenters. The highest BCUT2D eigenvalue weighted by molar-refractivity contribution is 5.79. The predicted molar refractivity (Wildman–Crippen MR) is 122 cm³/mol. The Morgan fingerprint density at radius 2 is 1.88 bits per heavy atom. The van der Waals surface area contributed by atoms with Crippen molar-refractivity contribution in [1.82, 2.24) is 10.1 Å². The van der Waals surface area contributed by atoms with Gasteiger partial charge in [0.05, 0.1) is 30.5 Å². The molecule has 0 radical (unpaired) electrons. The SMILES string of the molecule is N#Cc1ccc(COc2ccc(CC(=O)N3CCCC3c3cc(CCC(=O)O)on3)cc2)cc1. The van der Waals surface area contributed by atoms with E-state index in [9.17, 15) is 9.59 Å². The summed E-state index contributed by atoms with van der Waals surface area (Å²) >= 11 is 0. The number of amides is 1. The van der Waals surface area contributed by atoms with Crippen LogP contribution >= 0.6 is 0 Å². The van der Waals surface area contributed by atoms with Crippen LogP contribution in [-0.4, -0.2) is 33.6 Å². The van der Waals surface area contributed by atoms with Crippen LogP contribution in [0.25, 0.3) is 0 Å². The van der Waals surface area contributed by atoms with Crippen molar-refractivity contribution in [3.8, 4) is 11.8 Å². The first kappa shape index (κ1) is 23.1. The van der Waals surface area contributed by atoms with E-state index >= 15 is 0 Å². The summed E-state index contributed by atoms with van der Waals surface area (Å²) in [5, 5.41) is 21.8. The van der Waals surface area contributed by atoms with E-state index in [1.807, 2.05) is 41.3 Å². The van der Waals surface area contributed by atoms with Gasteiger partial charge in [0, 0.05) is 19.0 Å². The van der Waals surface area contributed by atoms with Crippen molar-refractivity contribution in [3.63, 3.8) is 0 Å². The molecule has 1 aliphatic rings. The quantitative estimate of drug-likeness (QED) is 0.513. The van der Waals surface area contributed by atoms with Crippen molar-refractivity contribution in [2.24, 2.45) is 0 Å². The van der Waals surface area contributed by atoms with Gasteiger partial charge in [-0.2, -0.15) is 5.26 Å². The first-order chi connectivity index (χ1) is 16.5. The molecular formula is C26H25N3O5. The smallest absolute Gasteiger partial charge is 0.303 e. The molecule has 0 spiro atoms. The average molecular weight is 460 g/mol. The summed E-state index contributed by atoms with van der Waals surface area (Å²) in [6.07, 6.45) is 2.22. The van der Waals surface area contributed by atoms with Crippen LogP contribution in [0.1, 0.15) is 53.4 Å². The second kappa shape index (κ2) is 10.7. The van der Waals surface area contributed by atoms with Gasteiger partial charge >= 0.3 is 5.97 Å². The molecule has 1 amide bonds. The van der Waals surface area contributed by atoms with Gasteiger partial charge in [0.25, 0.3) is 0 Å². The number of aromatic nitrogens is 1. The van der Waals surface area contributed by atoms with Gasteiger partial charge in [-0.25, -0.2) is 0 Å². The van der Waals surface area contributed by atoms with Gasteiger partial charge < -0.3 is 19.3 Å². The summed E-state index contributed by atoms with van der Waals surface area (Å²) in [6.45, 7) is 1.05. The van der Waals surface area contributed by atoms with Crippen LogP contribution in [0.5, 0.6) is 5.75 Å². The molecule has 8 heteroatoms. The third kappa shape index (κ3) is 5.81. The second-order valence-corrected chi connectivity index (χ2v) is 8.28. The molecular weight excluding hydrogens is 434 g/mol. The van der Waals surface area contributed by atoms with E-state index in [-0.39, 0.29) is 31.2 Å². The first-order valence-corrected chi connectivity index (χ1v) is 11.2. The molecule has 1 N–H and O–H groups in total. The third-order valence-corrected chi connectivity index (χ3v) is 5.84. The zero-order valence-corrected chi connectivity index (χ0v) is 18.6. The number of nitrogens with zero attached hydrogens (tertiary/aromatic N) is 3. The molecule has 4 rings (SSSR count). The molecule has 1 fully saturated rings. The summed E-state index contributed by atoms with van der Waals surface area (Å²) in [7, 11) is 0. The number of hydrogen-bond acceptors (Lipinski definition) is 6. The van der Waals surface area contributed by atoms with Crippen molar-refractivity contribution < 1.29 is 24.0 Å². The number of carboxylic acid groups (broad SMARTS) is 1. The van der Waals surface area contributed by atoms with Crippen molar-refractivity contribution in [1.29, 1.82) is 5.26 Å². The standard InChI is InChI=1S/C26H25N3O5/c27-16-19-3-5-20(6-4-19)17-33-21-9-7-18(8-10-21)14-25(30)29-13-1-2-24(29)23-15-22(34-28-23)11-12-26(31)32/h3-10,15,24H,1-2,11-14,17H2,(H,31,32). The average Bonchev–Trinajstić information content (AvgIpc) is 3.52. The predicted octanol–water partition coefficient (Wildman–Crippen LogP) is 4.05. The van der Waals surface area contributed by atoms with Crippen LogP contribution in [0.2, 0.25) is 0 Å². The molecule has 0 bridgehead atoms. The van der Waals surface area contributed by atoms with E-state index in [0.29, 0.717) is 35.9 Å². The molecule has 0 saturated carbocycles. The molecule has 3 aromatic rings. The fourth-order valence-electron chi connectivity index (χ4n) is 4.03. The molecule has 1 aliphatic heterocycles. The topological polar surface area (TPSA) is 117 Å². The highest BCUT2D eigenvalue weighted by atomic mass is 16.5. The largest absolute Gasteiger partial charge is 0.489 e. The summed E-state index contributed by atoms with van der Waals surface area (Å²) in [5.74, 6) is 0.356. The summed E-state index contributed by atoms with van der Waals surface area (Å²) in [6, 6.07) is 18.4. The fraction of sp³-hybridized carbons (Fsp3) is 0.308. The van der Waals surface area contributed by atoms with Gasteiger partial charge in [-0.15, -0.1) is 0 Å². The summed E-state index contributed by atoms with van der Waals surface area (Å²) in [5.41, 5.74) is 3.15. The number of aryl methyl sites for hydroxylation is 1. The number of carbonyl (C=O) groups excluding carboxylic acids is 1. The summed E-state index contributed by atoms with van der Waals surface area (Å²) < 4.78 is 11.1. The van der Waals surface area contributed by atoms with E-state index in [1.165, 1.54) is 0 Å². The van der Waals surface area contributed by atoms with E-state index in [2.05, 4.69) is 11.2 Å². The molecule has 34 heavy (non-hydrogen) atoms. The van der Waals surface area contributed by atoms with Crippen molar-refractivity contribution in [3.05, 3.63) is 82.7 Å². The van der Waals surface area contributed by atoms with Gasteiger partial charge in [-0.1, -0.05) is 29.4 Å². The first-order valence-electron chi connectivity index (χ1n) is 11.2. The molecule has 1 aromatic heterocycles. The molecule has 1 atom stereocenters. The minimum Gasteiger partial charge on any atom is -0.489 e. The lowest BCUT2D eigenvalue weighted by Gasteiger charge is -2.23. The molecule has 2 heterocycles. The zero-order valence-electron chi connectivity index (χ0n) is 18.6. The Morgan fingerprint density at radius 1 is 1.15 bits per heavy atom. The number of benzene rings is 2. The Balaban J connectivity index is 1.31. The van der Waals surface area contributed by atoms with Gasteiger partial charge in [-0.05, 0) is 48.2 Å². The van der Waals surface area contributed by atoms with Gasteiger partial charge in [0.15, 0.2) is 0 Å². The number of aliphatic carboxylic acids is 1. The summed E-state index contributed by atoms with van der Waals surface area (Å²) in [4.78, 5) is 25.6. The van der Waals surface area contributed by atoms with Crippen molar-refractivity contribution in [2.45, 2.75) is 44.8 Å². The van der Waals surface area contributed by atoms with E-state index < -0.39 is 5.97 Å². The maximum atomic E-state index is 13.0. The van der Waals surface area contributed by atoms with Crippen LogP contribution in [0.3, 0.4) is 0 Å². The normalized spacial score (nSPS) is 15.1. The van der Waals surface area contributed by atoms with E-state index in [1.54, 1.807) is 18.2 Å². The second-order valence-electron chi connectivity index (χ2n) is 8.28. The number of hydrogen-bond donors (Lipinski definition) is 1. The lowest BCUT2D eigenvalue weighted by molar-refractivity contribution is -0.137. The van der Waals surface area contributed by atoms with E-state index in [4.69, 9.17) is 19.6 Å². The van der Waals surface area contributed by atoms with Gasteiger partial charge in [0.2, 0.25) is 5.91 Å².